The molecule has 1 unspecified atom stereocenters. The van der Waals surface area contributed by atoms with Crippen molar-refractivity contribution in [3.8, 4) is 0 Å². The first-order valence-corrected chi connectivity index (χ1v) is 14.9. The number of aliphatic hydroxyl groups excluding tert-OH is 3. The van der Waals surface area contributed by atoms with Crippen molar-refractivity contribution in [2.24, 2.45) is 10.8 Å². The third-order valence-corrected chi connectivity index (χ3v) is 11.7. The van der Waals surface area contributed by atoms with Crippen LogP contribution in [0.4, 0.5) is 0 Å². The Morgan fingerprint density at radius 1 is 0.636 bits per heavy atom. The molecule has 0 rings (SSSR count). The van der Waals surface area contributed by atoms with E-state index in [0.717, 1.165) is 6.42 Å². The van der Waals surface area contributed by atoms with E-state index in [0.29, 0.717) is 19.3 Å². The molecule has 5 heteroatoms. The van der Waals surface area contributed by atoms with Gasteiger partial charge in [-0.3, -0.25) is 0 Å². The van der Waals surface area contributed by atoms with E-state index in [1.54, 1.807) is 18.2 Å². The van der Waals surface area contributed by atoms with E-state index in [1.807, 2.05) is 19.9 Å². The minimum Gasteiger partial charge on any atom is -0.413 e. The summed E-state index contributed by atoms with van der Waals surface area (Å²) in [5.74, 6) is 0. The second-order valence-electron chi connectivity index (χ2n) is 11.7. The highest BCUT2D eigenvalue weighted by molar-refractivity contribution is 6.74. The van der Waals surface area contributed by atoms with Gasteiger partial charge in [0.05, 0.1) is 24.4 Å². The molecule has 0 saturated heterocycles. The lowest BCUT2D eigenvalue weighted by atomic mass is 9.78. The van der Waals surface area contributed by atoms with Gasteiger partial charge in [0, 0.05) is 10.8 Å². The summed E-state index contributed by atoms with van der Waals surface area (Å²) in [6.45, 7) is 33.7. The minimum absolute atomic E-state index is 0.0177. The predicted octanol–water partition coefficient (Wildman–Crippen LogP) is 6.80. The fourth-order valence-corrected chi connectivity index (χ4v) is 4.47. The summed E-state index contributed by atoms with van der Waals surface area (Å²) < 4.78 is 6.55. The Kier molecular flexibility index (Phi) is 14.9. The second-order valence-corrected chi connectivity index (χ2v) is 16.4. The van der Waals surface area contributed by atoms with E-state index in [-0.39, 0.29) is 16.6 Å². The fourth-order valence-electron chi connectivity index (χ4n) is 3.01. The van der Waals surface area contributed by atoms with E-state index in [9.17, 15) is 15.3 Å². The van der Waals surface area contributed by atoms with E-state index in [4.69, 9.17) is 4.43 Å². The molecule has 0 aliphatic carbocycles. The molecule has 0 aromatic rings. The predicted molar refractivity (Wildman–Crippen MR) is 147 cm³/mol. The molecule has 0 saturated carbocycles. The van der Waals surface area contributed by atoms with Crippen LogP contribution in [0.15, 0.2) is 50.6 Å². The third-order valence-electron chi connectivity index (χ3n) is 7.20. The molecule has 33 heavy (non-hydrogen) atoms. The van der Waals surface area contributed by atoms with Crippen molar-refractivity contribution in [1.29, 1.82) is 0 Å². The van der Waals surface area contributed by atoms with Crippen LogP contribution in [0.5, 0.6) is 0 Å². The Hall–Kier alpha value is -0.983. The van der Waals surface area contributed by atoms with Crippen molar-refractivity contribution >= 4 is 8.32 Å². The molecule has 0 aromatic carbocycles. The summed E-state index contributed by atoms with van der Waals surface area (Å²) in [6.07, 6.45) is 7.74. The molecule has 0 aromatic heterocycles. The summed E-state index contributed by atoms with van der Waals surface area (Å²) >= 11 is 0. The molecule has 0 aliphatic rings. The number of aliphatic hydroxyl groups is 3. The van der Waals surface area contributed by atoms with Gasteiger partial charge in [-0.25, -0.2) is 0 Å². The lowest BCUT2D eigenvalue weighted by molar-refractivity contribution is -0.0437. The van der Waals surface area contributed by atoms with Gasteiger partial charge in [0.2, 0.25) is 0 Å². The maximum absolute atomic E-state index is 10.4. The normalized spacial score (nSPS) is 16.5. The molecule has 0 spiro atoms. The molecule has 0 fully saturated rings. The van der Waals surface area contributed by atoms with Gasteiger partial charge in [0.1, 0.15) is 0 Å². The van der Waals surface area contributed by atoms with Gasteiger partial charge in [-0.1, -0.05) is 72.8 Å². The number of hydrogen-bond acceptors (Lipinski definition) is 4. The van der Waals surface area contributed by atoms with E-state index in [2.05, 4.69) is 74.0 Å². The standard InChI is InChI=1S/C17H34O2Si.C11H20O2/c1-10-12-14(18)17(6,7)15(13-11-2)19-20(8,9)16(3,4)5;1-5-7-9(12)11(3,4)10(13)8-6-2/h10-11,14-15,18H,1-2,12-13H2,3-9H3;5-6,9-10,12-13H,1-2,7-8H2,3-4H3/t14-,15-;9-,10?/m11/s1. The Balaban J connectivity index is 0. The smallest absolute Gasteiger partial charge is 0.192 e. The first kappa shape index (κ1) is 34.2. The summed E-state index contributed by atoms with van der Waals surface area (Å²) in [5.41, 5.74) is -0.833. The van der Waals surface area contributed by atoms with Crippen LogP contribution in [0.2, 0.25) is 18.1 Å². The Labute approximate surface area is 206 Å². The SMILES string of the molecule is C=CCC(O)C(C)(C)[C@H](O)CC=C.C=CC[C@@H](O)C(C)(C)[C@@H](CC=C)O[Si](C)(C)C(C)(C)C. The third kappa shape index (κ3) is 10.9. The second kappa shape index (κ2) is 14.4. The van der Waals surface area contributed by atoms with Crippen LogP contribution in [-0.4, -0.2) is 48.1 Å². The molecule has 4 nitrogen and oxygen atoms in total. The zero-order chi connectivity index (χ0) is 26.7. The van der Waals surface area contributed by atoms with E-state index < -0.39 is 32.0 Å². The molecule has 0 bridgehead atoms. The Bertz CT molecular complexity index is 584. The van der Waals surface area contributed by atoms with Crippen LogP contribution in [0.1, 0.15) is 74.1 Å². The van der Waals surface area contributed by atoms with Crippen LogP contribution >= 0.6 is 0 Å². The fraction of sp³-hybridized carbons (Fsp3) is 0.714. The van der Waals surface area contributed by atoms with Gasteiger partial charge in [-0.05, 0) is 43.8 Å². The first-order valence-electron chi connectivity index (χ1n) is 12.0. The van der Waals surface area contributed by atoms with E-state index >= 15 is 0 Å². The van der Waals surface area contributed by atoms with Crippen LogP contribution in [0.25, 0.3) is 0 Å². The van der Waals surface area contributed by atoms with Gasteiger partial charge in [0.25, 0.3) is 0 Å². The van der Waals surface area contributed by atoms with Crippen molar-refractivity contribution in [3.05, 3.63) is 50.6 Å². The molecule has 0 radical (unpaired) electrons. The van der Waals surface area contributed by atoms with Crippen LogP contribution in [0.3, 0.4) is 0 Å². The maximum Gasteiger partial charge on any atom is 0.192 e. The zero-order valence-corrected chi connectivity index (χ0v) is 24.0. The van der Waals surface area contributed by atoms with Gasteiger partial charge in [-0.2, -0.15) is 0 Å². The van der Waals surface area contributed by atoms with Crippen molar-refractivity contribution in [2.45, 2.75) is 117 Å². The average molecular weight is 483 g/mol. The van der Waals surface area contributed by atoms with E-state index in [1.165, 1.54) is 0 Å². The molecular weight excluding hydrogens is 428 g/mol. The Morgan fingerprint density at radius 2 is 0.939 bits per heavy atom. The van der Waals surface area contributed by atoms with Crippen molar-refractivity contribution in [3.63, 3.8) is 0 Å². The lowest BCUT2D eigenvalue weighted by Gasteiger charge is -2.45. The highest BCUT2D eigenvalue weighted by Gasteiger charge is 2.44. The molecule has 194 valence electrons. The first-order chi connectivity index (χ1) is 14.9. The molecule has 0 heterocycles. The van der Waals surface area contributed by atoms with Gasteiger partial charge >= 0.3 is 0 Å². The number of rotatable bonds is 14. The monoisotopic (exact) mass is 482 g/mol. The largest absolute Gasteiger partial charge is 0.413 e. The maximum atomic E-state index is 10.4. The highest BCUT2D eigenvalue weighted by atomic mass is 28.4. The average Bonchev–Trinajstić information content (AvgIpc) is 2.67. The summed E-state index contributed by atoms with van der Waals surface area (Å²) in [6, 6.07) is 0. The van der Waals surface area contributed by atoms with Crippen molar-refractivity contribution in [1.82, 2.24) is 0 Å². The zero-order valence-electron chi connectivity index (χ0n) is 23.0. The Morgan fingerprint density at radius 3 is 1.21 bits per heavy atom. The van der Waals surface area contributed by atoms with Crippen LogP contribution in [-0.2, 0) is 4.43 Å². The minimum atomic E-state index is -1.87. The topological polar surface area (TPSA) is 69.9 Å². The van der Waals surface area contributed by atoms with Gasteiger partial charge < -0.3 is 19.7 Å². The quantitative estimate of drug-likeness (QED) is 0.188. The summed E-state index contributed by atoms with van der Waals surface area (Å²) in [4.78, 5) is 0. The molecule has 4 atom stereocenters. The molecule has 3 N–H and O–H groups in total. The van der Waals surface area contributed by atoms with Gasteiger partial charge in [-0.15, -0.1) is 26.3 Å². The van der Waals surface area contributed by atoms with Gasteiger partial charge in [0.15, 0.2) is 8.32 Å². The van der Waals surface area contributed by atoms with Crippen molar-refractivity contribution in [2.75, 3.05) is 0 Å². The van der Waals surface area contributed by atoms with Crippen LogP contribution < -0.4 is 0 Å². The molecule has 0 amide bonds. The van der Waals surface area contributed by atoms with Crippen molar-refractivity contribution < 1.29 is 19.7 Å². The lowest BCUT2D eigenvalue weighted by Crippen LogP contribution is -2.50. The summed E-state index contributed by atoms with van der Waals surface area (Å²) in [7, 11) is -1.87. The molecule has 0 aliphatic heterocycles. The van der Waals surface area contributed by atoms with Crippen LogP contribution in [0, 0.1) is 10.8 Å². The highest BCUT2D eigenvalue weighted by Crippen LogP contribution is 2.41. The number of hydrogen-bond donors (Lipinski definition) is 3. The molecular formula is C28H54O4Si. The summed E-state index contributed by atoms with van der Waals surface area (Å²) in [5, 5.41) is 30.0.